The van der Waals surface area contributed by atoms with Gasteiger partial charge in [-0.15, -0.1) is 0 Å². The van der Waals surface area contributed by atoms with Crippen molar-refractivity contribution in [1.82, 2.24) is 0 Å². The Morgan fingerprint density at radius 3 is 2.17 bits per heavy atom. The van der Waals surface area contributed by atoms with E-state index < -0.39 is 48.2 Å². The zero-order valence-electron chi connectivity index (χ0n) is 13.4. The standard InChI is InChI=1S/C13H22O8S2/c1-11(2)12(3)5-6-13(11,21-10(12)14)9-20-23(18,19)8-4-7-22(15,16)17/h4-9H2,1-3H3,(H,15,16,17). The van der Waals surface area contributed by atoms with Crippen LogP contribution in [0.3, 0.4) is 0 Å². The van der Waals surface area contributed by atoms with Crippen LogP contribution in [0.15, 0.2) is 0 Å². The normalized spacial score (nSPS) is 33.0. The van der Waals surface area contributed by atoms with Crippen LogP contribution < -0.4 is 0 Å². The first-order valence-electron chi connectivity index (χ1n) is 7.30. The average Bonchev–Trinajstić information content (AvgIpc) is 2.65. The number of hydrogen-bond acceptors (Lipinski definition) is 7. The highest BCUT2D eigenvalue weighted by Gasteiger charge is 2.72. The van der Waals surface area contributed by atoms with Gasteiger partial charge in [0.25, 0.3) is 20.2 Å². The molecule has 0 amide bonds. The molecule has 1 aliphatic heterocycles. The van der Waals surface area contributed by atoms with E-state index in [1.807, 2.05) is 20.8 Å². The summed E-state index contributed by atoms with van der Waals surface area (Å²) in [6.07, 6.45) is 0.850. The molecule has 2 bridgehead atoms. The van der Waals surface area contributed by atoms with Gasteiger partial charge in [0.15, 0.2) is 0 Å². The van der Waals surface area contributed by atoms with Crippen molar-refractivity contribution >= 4 is 26.2 Å². The van der Waals surface area contributed by atoms with Crippen molar-refractivity contribution in [2.24, 2.45) is 10.8 Å². The summed E-state index contributed by atoms with van der Waals surface area (Å²) in [6.45, 7) is 5.25. The Morgan fingerprint density at radius 1 is 1.13 bits per heavy atom. The Kier molecular flexibility index (Phi) is 4.37. The first-order chi connectivity index (χ1) is 10.2. The molecule has 2 rings (SSSR count). The molecular weight excluding hydrogens is 348 g/mol. The number of rotatable bonds is 7. The van der Waals surface area contributed by atoms with E-state index in [-0.39, 0.29) is 19.0 Å². The molecular formula is C13H22O8S2. The Balaban J connectivity index is 2.02. The molecule has 1 aliphatic carbocycles. The predicted molar refractivity (Wildman–Crippen MR) is 80.7 cm³/mol. The van der Waals surface area contributed by atoms with Crippen molar-refractivity contribution in [3.63, 3.8) is 0 Å². The fourth-order valence-corrected chi connectivity index (χ4v) is 5.03. The van der Waals surface area contributed by atoms with Crippen molar-refractivity contribution in [2.45, 2.75) is 45.6 Å². The van der Waals surface area contributed by atoms with Crippen LogP contribution in [0.25, 0.3) is 0 Å². The van der Waals surface area contributed by atoms with Gasteiger partial charge in [0.05, 0.1) is 16.9 Å². The molecule has 23 heavy (non-hydrogen) atoms. The highest BCUT2D eigenvalue weighted by molar-refractivity contribution is 7.87. The summed E-state index contributed by atoms with van der Waals surface area (Å²) in [4.78, 5) is 12.1. The van der Waals surface area contributed by atoms with E-state index in [0.717, 1.165) is 0 Å². The van der Waals surface area contributed by atoms with Gasteiger partial charge in [0.2, 0.25) is 0 Å². The summed E-state index contributed by atoms with van der Waals surface area (Å²) in [5.41, 5.74) is -2.22. The van der Waals surface area contributed by atoms with Crippen molar-refractivity contribution < 1.29 is 35.1 Å². The van der Waals surface area contributed by atoms with Crippen LogP contribution in [-0.4, -0.2) is 51.1 Å². The largest absolute Gasteiger partial charge is 0.456 e. The lowest BCUT2D eigenvalue weighted by atomic mass is 9.66. The summed E-state index contributed by atoms with van der Waals surface area (Å²) in [7, 11) is -8.19. The van der Waals surface area contributed by atoms with Crippen LogP contribution in [0.2, 0.25) is 0 Å². The maximum absolute atomic E-state index is 12.1. The van der Waals surface area contributed by atoms with E-state index in [1.165, 1.54) is 0 Å². The Morgan fingerprint density at radius 2 is 1.74 bits per heavy atom. The van der Waals surface area contributed by atoms with Crippen LogP contribution in [0.1, 0.15) is 40.0 Å². The van der Waals surface area contributed by atoms with E-state index in [9.17, 15) is 21.6 Å². The molecule has 0 spiro atoms. The van der Waals surface area contributed by atoms with Crippen molar-refractivity contribution in [3.8, 4) is 0 Å². The lowest BCUT2D eigenvalue weighted by molar-refractivity contribution is -0.162. The molecule has 2 atom stereocenters. The fraction of sp³-hybridized carbons (Fsp3) is 0.923. The Hall–Kier alpha value is -0.710. The topological polar surface area (TPSA) is 124 Å². The number of hydrogen-bond donors (Lipinski definition) is 1. The Bertz CT molecular complexity index is 708. The molecule has 1 saturated heterocycles. The summed E-state index contributed by atoms with van der Waals surface area (Å²) < 4.78 is 64.0. The minimum atomic E-state index is -4.21. The van der Waals surface area contributed by atoms with Gasteiger partial charge >= 0.3 is 5.97 Å². The summed E-state index contributed by atoms with van der Waals surface area (Å²) in [6, 6.07) is 0. The first kappa shape index (κ1) is 18.6. The number of fused-ring (bicyclic) bond motifs is 2. The van der Waals surface area contributed by atoms with Gasteiger partial charge < -0.3 is 4.74 Å². The molecule has 0 aromatic carbocycles. The summed E-state index contributed by atoms with van der Waals surface area (Å²) in [5, 5.41) is 0. The summed E-state index contributed by atoms with van der Waals surface area (Å²) >= 11 is 0. The molecule has 134 valence electrons. The molecule has 1 saturated carbocycles. The van der Waals surface area contributed by atoms with Crippen LogP contribution >= 0.6 is 0 Å². The zero-order valence-corrected chi connectivity index (χ0v) is 15.0. The van der Waals surface area contributed by atoms with E-state index >= 15 is 0 Å². The van der Waals surface area contributed by atoms with E-state index in [2.05, 4.69) is 0 Å². The quantitative estimate of drug-likeness (QED) is 0.395. The second-order valence-corrected chi connectivity index (χ2v) is 10.3. The van der Waals surface area contributed by atoms with Crippen molar-refractivity contribution in [2.75, 3.05) is 18.1 Å². The predicted octanol–water partition coefficient (Wildman–Crippen LogP) is 0.733. The SMILES string of the molecule is CC12CCC(COS(=O)(=O)CCCS(=O)(=O)O)(OC1=O)C2(C)C. The monoisotopic (exact) mass is 370 g/mol. The molecule has 2 fully saturated rings. The minimum absolute atomic E-state index is 0.269. The minimum Gasteiger partial charge on any atom is -0.456 e. The van der Waals surface area contributed by atoms with Crippen LogP contribution in [-0.2, 0) is 34.0 Å². The lowest BCUT2D eigenvalue weighted by Crippen LogP contribution is -2.45. The fourth-order valence-electron chi connectivity index (χ4n) is 3.35. The van der Waals surface area contributed by atoms with E-state index in [0.29, 0.717) is 12.8 Å². The molecule has 0 aromatic heterocycles. The lowest BCUT2D eigenvalue weighted by Gasteiger charge is -2.36. The second-order valence-electron chi connectivity index (χ2n) is 7.00. The van der Waals surface area contributed by atoms with Gasteiger partial charge in [-0.05, 0) is 26.2 Å². The van der Waals surface area contributed by atoms with Gasteiger partial charge in [0, 0.05) is 5.41 Å². The van der Waals surface area contributed by atoms with Crippen molar-refractivity contribution in [3.05, 3.63) is 0 Å². The highest BCUT2D eigenvalue weighted by Crippen LogP contribution is 2.65. The number of carbonyl (C=O) groups excluding carboxylic acids is 1. The average molecular weight is 370 g/mol. The maximum atomic E-state index is 12.1. The molecule has 8 nitrogen and oxygen atoms in total. The van der Waals surface area contributed by atoms with E-state index in [1.54, 1.807) is 0 Å². The third-order valence-corrected chi connectivity index (χ3v) is 7.62. The number of esters is 1. The van der Waals surface area contributed by atoms with E-state index in [4.69, 9.17) is 13.5 Å². The molecule has 2 aliphatic rings. The van der Waals surface area contributed by atoms with Gasteiger partial charge in [-0.25, -0.2) is 0 Å². The number of carbonyl (C=O) groups is 1. The van der Waals surface area contributed by atoms with Crippen molar-refractivity contribution in [1.29, 1.82) is 0 Å². The summed E-state index contributed by atoms with van der Waals surface area (Å²) in [5.74, 6) is -1.53. The Labute approximate surface area is 136 Å². The van der Waals surface area contributed by atoms with Crippen LogP contribution in [0.5, 0.6) is 0 Å². The third kappa shape index (κ3) is 3.13. The first-order valence-corrected chi connectivity index (χ1v) is 10.5. The highest BCUT2D eigenvalue weighted by atomic mass is 32.2. The zero-order chi connectivity index (χ0) is 17.7. The molecule has 0 aromatic rings. The third-order valence-electron chi connectivity index (χ3n) is 5.55. The molecule has 2 unspecified atom stereocenters. The van der Waals surface area contributed by atoms with Gasteiger partial charge in [-0.3, -0.25) is 13.5 Å². The number of ether oxygens (including phenoxy) is 1. The molecule has 10 heteroatoms. The van der Waals surface area contributed by atoms with Gasteiger partial charge in [-0.1, -0.05) is 13.8 Å². The maximum Gasteiger partial charge on any atom is 0.313 e. The second kappa shape index (κ2) is 5.40. The molecule has 1 N–H and O–H groups in total. The van der Waals surface area contributed by atoms with Crippen LogP contribution in [0, 0.1) is 10.8 Å². The molecule has 0 radical (unpaired) electrons. The van der Waals surface area contributed by atoms with Gasteiger partial charge in [-0.2, -0.15) is 16.8 Å². The molecule has 1 heterocycles. The van der Waals surface area contributed by atoms with Crippen LogP contribution in [0.4, 0.5) is 0 Å². The smallest absolute Gasteiger partial charge is 0.313 e. The van der Waals surface area contributed by atoms with Gasteiger partial charge in [0.1, 0.15) is 12.2 Å².